The van der Waals surface area contributed by atoms with Crippen LogP contribution in [0.1, 0.15) is 37.4 Å². The Morgan fingerprint density at radius 3 is 2.79 bits per heavy atom. The first kappa shape index (κ1) is 21.7. The zero-order valence-electron chi connectivity index (χ0n) is 17.3. The van der Waals surface area contributed by atoms with Gasteiger partial charge in [-0.05, 0) is 65.3 Å². The van der Waals surface area contributed by atoms with Gasteiger partial charge in [-0.25, -0.2) is 4.79 Å². The van der Waals surface area contributed by atoms with Gasteiger partial charge in [-0.2, -0.15) is 0 Å². The SMILES string of the molecule is Cc1c(OC(=O)c2ccccc2Br)ccc2c1O/C(=C\c1cc(Cl)cc3c1OCOC3)C2=O. The summed E-state index contributed by atoms with van der Waals surface area (Å²) in [6, 6.07) is 13.6. The van der Waals surface area contributed by atoms with Gasteiger partial charge in [-0.1, -0.05) is 23.7 Å². The smallest absolute Gasteiger partial charge is 0.344 e. The number of esters is 1. The second-order valence-corrected chi connectivity index (χ2v) is 8.76. The van der Waals surface area contributed by atoms with Crippen LogP contribution < -0.4 is 14.2 Å². The third kappa shape index (κ3) is 4.04. The first-order chi connectivity index (χ1) is 15.9. The van der Waals surface area contributed by atoms with E-state index in [0.717, 1.165) is 5.56 Å². The molecule has 2 heterocycles. The van der Waals surface area contributed by atoms with Gasteiger partial charge in [0.1, 0.15) is 17.2 Å². The Balaban J connectivity index is 1.46. The lowest BCUT2D eigenvalue weighted by Gasteiger charge is -2.20. The van der Waals surface area contributed by atoms with Crippen molar-refractivity contribution in [1.29, 1.82) is 0 Å². The molecule has 2 aliphatic rings. The summed E-state index contributed by atoms with van der Waals surface area (Å²) in [6.07, 6.45) is 1.60. The molecule has 0 saturated carbocycles. The molecule has 0 unspecified atom stereocenters. The maximum atomic E-state index is 13.0. The number of hydrogen-bond donors (Lipinski definition) is 0. The van der Waals surface area contributed by atoms with Gasteiger partial charge in [0.15, 0.2) is 12.6 Å². The molecule has 0 atom stereocenters. The molecule has 0 saturated heterocycles. The number of carbonyl (C=O) groups excluding carboxylic acids is 2. The Labute approximate surface area is 202 Å². The fourth-order valence-corrected chi connectivity index (χ4v) is 4.41. The van der Waals surface area contributed by atoms with E-state index in [0.29, 0.717) is 55.6 Å². The average molecular weight is 528 g/mol. The van der Waals surface area contributed by atoms with Crippen LogP contribution in [0.5, 0.6) is 17.2 Å². The van der Waals surface area contributed by atoms with Crippen LogP contribution in [0, 0.1) is 6.92 Å². The number of carbonyl (C=O) groups is 2. The first-order valence-corrected chi connectivity index (χ1v) is 11.2. The van der Waals surface area contributed by atoms with Crippen molar-refractivity contribution in [1.82, 2.24) is 0 Å². The zero-order valence-corrected chi connectivity index (χ0v) is 19.7. The third-order valence-corrected chi connectivity index (χ3v) is 6.23. The molecule has 3 aromatic rings. The highest BCUT2D eigenvalue weighted by Crippen LogP contribution is 2.41. The highest BCUT2D eigenvalue weighted by molar-refractivity contribution is 9.10. The summed E-state index contributed by atoms with van der Waals surface area (Å²) < 4.78 is 23.1. The van der Waals surface area contributed by atoms with Crippen molar-refractivity contribution in [2.75, 3.05) is 6.79 Å². The fraction of sp³-hybridized carbons (Fsp3) is 0.120. The standard InChI is InChI=1S/C25H16BrClO6/c1-13-20(33-25(29)17-4-2-3-5-19(17)26)7-6-18-22(28)21(32-23(13)18)10-14-8-16(27)9-15-11-30-12-31-24(14)15/h2-10H,11-12H2,1H3/b21-10-. The van der Waals surface area contributed by atoms with Gasteiger partial charge in [0.25, 0.3) is 0 Å². The molecule has 6 nitrogen and oxygen atoms in total. The molecule has 33 heavy (non-hydrogen) atoms. The molecular weight excluding hydrogens is 512 g/mol. The molecule has 2 aliphatic heterocycles. The maximum absolute atomic E-state index is 13.0. The average Bonchev–Trinajstić information content (AvgIpc) is 3.12. The van der Waals surface area contributed by atoms with E-state index in [1.807, 2.05) is 6.07 Å². The summed E-state index contributed by atoms with van der Waals surface area (Å²) in [5, 5.41) is 0.495. The number of benzene rings is 3. The van der Waals surface area contributed by atoms with Crippen molar-refractivity contribution in [2.45, 2.75) is 13.5 Å². The second kappa shape index (κ2) is 8.67. The number of halogens is 2. The lowest BCUT2D eigenvalue weighted by Crippen LogP contribution is -2.12. The van der Waals surface area contributed by atoms with Gasteiger partial charge in [0.05, 0.1) is 17.7 Å². The van der Waals surface area contributed by atoms with Crippen molar-refractivity contribution < 1.29 is 28.5 Å². The molecule has 8 heteroatoms. The molecule has 0 N–H and O–H groups in total. The van der Waals surface area contributed by atoms with Crippen molar-refractivity contribution in [3.63, 3.8) is 0 Å². The van der Waals surface area contributed by atoms with E-state index in [4.69, 9.17) is 30.5 Å². The molecule has 0 amide bonds. The van der Waals surface area contributed by atoms with Gasteiger partial charge in [-0.15, -0.1) is 0 Å². The molecular formula is C25H16BrClO6. The largest absolute Gasteiger partial charge is 0.467 e. The lowest BCUT2D eigenvalue weighted by atomic mass is 10.0. The molecule has 0 radical (unpaired) electrons. The van der Waals surface area contributed by atoms with Crippen LogP contribution in [0.2, 0.25) is 5.02 Å². The van der Waals surface area contributed by atoms with Crippen LogP contribution in [-0.2, 0) is 11.3 Å². The van der Waals surface area contributed by atoms with Gasteiger partial charge in [0.2, 0.25) is 5.78 Å². The topological polar surface area (TPSA) is 71.1 Å². The van der Waals surface area contributed by atoms with E-state index in [2.05, 4.69) is 15.9 Å². The van der Waals surface area contributed by atoms with Crippen LogP contribution in [-0.4, -0.2) is 18.5 Å². The highest BCUT2D eigenvalue weighted by atomic mass is 79.9. The first-order valence-electron chi connectivity index (χ1n) is 10.00. The molecule has 3 aromatic carbocycles. The van der Waals surface area contributed by atoms with Crippen molar-refractivity contribution in [2.24, 2.45) is 0 Å². The Bertz CT molecular complexity index is 1350. The van der Waals surface area contributed by atoms with Gasteiger partial charge < -0.3 is 18.9 Å². The summed E-state index contributed by atoms with van der Waals surface area (Å²) in [5.74, 6) is 0.591. The molecule has 0 bridgehead atoms. The highest BCUT2D eigenvalue weighted by Gasteiger charge is 2.31. The van der Waals surface area contributed by atoms with Crippen LogP contribution in [0.15, 0.2) is 58.8 Å². The predicted octanol–water partition coefficient (Wildman–Crippen LogP) is 6.11. The summed E-state index contributed by atoms with van der Waals surface area (Å²) in [4.78, 5) is 25.6. The van der Waals surface area contributed by atoms with E-state index in [-0.39, 0.29) is 18.3 Å². The number of hydrogen-bond acceptors (Lipinski definition) is 6. The van der Waals surface area contributed by atoms with Gasteiger partial charge >= 0.3 is 5.97 Å². The number of rotatable bonds is 3. The van der Waals surface area contributed by atoms with Crippen LogP contribution in [0.4, 0.5) is 0 Å². The Kier molecular flexibility index (Phi) is 5.70. The summed E-state index contributed by atoms with van der Waals surface area (Å²) in [5.41, 5.74) is 2.74. The van der Waals surface area contributed by atoms with Crippen LogP contribution in [0.25, 0.3) is 6.08 Å². The molecule has 5 rings (SSSR count). The van der Waals surface area contributed by atoms with Crippen molar-refractivity contribution in [3.8, 4) is 17.2 Å². The summed E-state index contributed by atoms with van der Waals surface area (Å²) in [6.45, 7) is 2.22. The van der Waals surface area contributed by atoms with Crippen molar-refractivity contribution >= 4 is 45.4 Å². The van der Waals surface area contributed by atoms with Gasteiger partial charge in [0, 0.05) is 26.2 Å². The van der Waals surface area contributed by atoms with E-state index in [1.54, 1.807) is 55.5 Å². The molecule has 0 aromatic heterocycles. The Morgan fingerprint density at radius 1 is 1.15 bits per heavy atom. The fourth-order valence-electron chi connectivity index (χ4n) is 3.72. The molecule has 0 fully saturated rings. The number of allylic oxidation sites excluding steroid dienone is 1. The van der Waals surface area contributed by atoms with Crippen molar-refractivity contribution in [3.05, 3.63) is 91.6 Å². The normalized spacial score (nSPS) is 15.5. The minimum atomic E-state index is -0.518. The number of fused-ring (bicyclic) bond motifs is 2. The van der Waals surface area contributed by atoms with E-state index in [9.17, 15) is 9.59 Å². The Hall–Kier alpha value is -3.13. The second-order valence-electron chi connectivity index (χ2n) is 7.47. The van der Waals surface area contributed by atoms with Crippen LogP contribution >= 0.6 is 27.5 Å². The summed E-state index contributed by atoms with van der Waals surface area (Å²) >= 11 is 9.58. The van der Waals surface area contributed by atoms with E-state index < -0.39 is 5.97 Å². The minimum Gasteiger partial charge on any atom is -0.467 e. The molecule has 0 spiro atoms. The predicted molar refractivity (Wildman–Crippen MR) is 125 cm³/mol. The number of Topliss-reactive ketones (excluding diaryl/α,β-unsaturated/α-hetero) is 1. The minimum absolute atomic E-state index is 0.116. The van der Waals surface area contributed by atoms with E-state index >= 15 is 0 Å². The lowest BCUT2D eigenvalue weighted by molar-refractivity contribution is -0.0165. The quantitative estimate of drug-likeness (QED) is 0.232. The number of ether oxygens (including phenoxy) is 4. The zero-order chi connectivity index (χ0) is 23.1. The summed E-state index contributed by atoms with van der Waals surface area (Å²) in [7, 11) is 0. The monoisotopic (exact) mass is 526 g/mol. The molecule has 166 valence electrons. The molecule has 0 aliphatic carbocycles. The van der Waals surface area contributed by atoms with Gasteiger partial charge in [-0.3, -0.25) is 4.79 Å². The maximum Gasteiger partial charge on any atom is 0.344 e. The van der Waals surface area contributed by atoms with E-state index in [1.165, 1.54) is 0 Å². The number of ketones is 1. The Morgan fingerprint density at radius 2 is 1.97 bits per heavy atom. The van der Waals surface area contributed by atoms with Crippen LogP contribution in [0.3, 0.4) is 0 Å². The third-order valence-electron chi connectivity index (χ3n) is 5.32.